The van der Waals surface area contributed by atoms with E-state index in [1.165, 1.54) is 28.9 Å². The van der Waals surface area contributed by atoms with E-state index in [4.69, 9.17) is 0 Å². The van der Waals surface area contributed by atoms with E-state index in [0.717, 1.165) is 24.2 Å². The predicted octanol–water partition coefficient (Wildman–Crippen LogP) is 2.66. The van der Waals surface area contributed by atoms with Crippen LogP contribution in [0.5, 0.6) is 0 Å². The zero-order valence-electron chi connectivity index (χ0n) is 16.3. The van der Waals surface area contributed by atoms with E-state index in [1.807, 2.05) is 0 Å². The second-order valence-electron chi connectivity index (χ2n) is 7.02. The van der Waals surface area contributed by atoms with Gasteiger partial charge >= 0.3 is 0 Å². The van der Waals surface area contributed by atoms with Crippen LogP contribution in [0.4, 0.5) is 10.7 Å². The van der Waals surface area contributed by atoms with E-state index in [9.17, 15) is 24.5 Å². The van der Waals surface area contributed by atoms with Crippen molar-refractivity contribution in [3.8, 4) is 5.69 Å². The fourth-order valence-corrected chi connectivity index (χ4v) is 3.76. The molecule has 0 spiro atoms. The van der Waals surface area contributed by atoms with E-state index in [-0.39, 0.29) is 23.3 Å². The molecule has 4 rings (SSSR count). The smallest absolute Gasteiger partial charge is 0.294 e. The first-order valence-electron chi connectivity index (χ1n) is 9.39. The minimum absolute atomic E-state index is 0.125. The van der Waals surface area contributed by atoms with Crippen LogP contribution in [0.1, 0.15) is 39.4 Å². The van der Waals surface area contributed by atoms with Crippen LogP contribution in [0.3, 0.4) is 0 Å². The Balaban J connectivity index is 1.67. The molecule has 1 aliphatic carbocycles. The van der Waals surface area contributed by atoms with E-state index in [2.05, 4.69) is 15.7 Å². The van der Waals surface area contributed by atoms with Crippen molar-refractivity contribution < 1.29 is 14.5 Å². The van der Waals surface area contributed by atoms with Crippen molar-refractivity contribution in [3.05, 3.63) is 79.1 Å². The first-order chi connectivity index (χ1) is 14.8. The zero-order chi connectivity index (χ0) is 22.1. The van der Waals surface area contributed by atoms with Gasteiger partial charge in [-0.25, -0.2) is 4.68 Å². The summed E-state index contributed by atoms with van der Waals surface area (Å²) in [5.41, 5.74) is -0.533. The molecular weight excluding hydrogens is 422 g/mol. The lowest BCUT2D eigenvalue weighted by Crippen LogP contribution is -2.29. The average molecular weight is 439 g/mol. The number of hydrogen-bond acceptors (Lipinski definition) is 7. The molecule has 1 fully saturated rings. The number of para-hydroxylation sites is 2. The molecule has 158 valence electrons. The Bertz CT molecular complexity index is 1260. The minimum atomic E-state index is -0.805. The van der Waals surface area contributed by atoms with Crippen molar-refractivity contribution in [2.24, 2.45) is 0 Å². The molecule has 31 heavy (non-hydrogen) atoms. The molecule has 2 amide bonds. The van der Waals surface area contributed by atoms with Gasteiger partial charge in [0.25, 0.3) is 17.5 Å². The number of benzene rings is 1. The molecule has 2 N–H and O–H groups in total. The predicted molar refractivity (Wildman–Crippen MR) is 114 cm³/mol. The lowest BCUT2D eigenvalue weighted by Gasteiger charge is -2.11. The van der Waals surface area contributed by atoms with Crippen LogP contribution in [-0.4, -0.2) is 32.6 Å². The third-order valence-corrected chi connectivity index (χ3v) is 5.51. The third kappa shape index (κ3) is 4.21. The summed E-state index contributed by atoms with van der Waals surface area (Å²) in [7, 11) is 0. The molecule has 0 radical (unpaired) electrons. The van der Waals surface area contributed by atoms with E-state index >= 15 is 0 Å². The van der Waals surface area contributed by atoms with Gasteiger partial charge in [0.1, 0.15) is 10.7 Å². The summed E-state index contributed by atoms with van der Waals surface area (Å²) >= 11 is 1.15. The Labute approximate surface area is 179 Å². The molecule has 0 saturated heterocycles. The van der Waals surface area contributed by atoms with E-state index < -0.39 is 22.0 Å². The van der Waals surface area contributed by atoms with Crippen LogP contribution in [0.2, 0.25) is 0 Å². The maximum absolute atomic E-state index is 12.8. The summed E-state index contributed by atoms with van der Waals surface area (Å²) < 4.78 is 1.18. The number of hydrogen-bond donors (Lipinski definition) is 2. The van der Waals surface area contributed by atoms with Gasteiger partial charge < -0.3 is 10.6 Å². The normalized spacial score (nSPS) is 12.9. The summed E-state index contributed by atoms with van der Waals surface area (Å²) in [6, 6.07) is 8.83. The number of aryl methyl sites for hydroxylation is 1. The first kappa shape index (κ1) is 20.4. The largest absolute Gasteiger partial charge is 0.349 e. The number of thiophene rings is 1. The quantitative estimate of drug-likeness (QED) is 0.448. The molecule has 0 atom stereocenters. The van der Waals surface area contributed by atoms with E-state index in [1.54, 1.807) is 24.4 Å². The molecule has 0 aliphatic heterocycles. The Morgan fingerprint density at radius 3 is 2.68 bits per heavy atom. The van der Waals surface area contributed by atoms with Crippen molar-refractivity contribution in [1.82, 2.24) is 15.1 Å². The van der Waals surface area contributed by atoms with Gasteiger partial charge in [-0.05, 0) is 37.3 Å². The van der Waals surface area contributed by atoms with Crippen LogP contribution >= 0.6 is 11.3 Å². The highest BCUT2D eigenvalue weighted by Gasteiger charge is 2.26. The highest BCUT2D eigenvalue weighted by Crippen LogP contribution is 2.26. The summed E-state index contributed by atoms with van der Waals surface area (Å²) in [4.78, 5) is 48.4. The Kier molecular flexibility index (Phi) is 5.34. The summed E-state index contributed by atoms with van der Waals surface area (Å²) in [6.45, 7) is 1.56. The average Bonchev–Trinajstić information content (AvgIpc) is 3.42. The Hall–Kier alpha value is -3.86. The summed E-state index contributed by atoms with van der Waals surface area (Å²) in [5, 5.41) is 22.8. The topological polar surface area (TPSA) is 136 Å². The van der Waals surface area contributed by atoms with Crippen LogP contribution in [0, 0.1) is 17.0 Å². The minimum Gasteiger partial charge on any atom is -0.349 e. The van der Waals surface area contributed by atoms with Crippen molar-refractivity contribution >= 4 is 33.8 Å². The van der Waals surface area contributed by atoms with Gasteiger partial charge in [-0.15, -0.1) is 11.3 Å². The van der Waals surface area contributed by atoms with Gasteiger partial charge in [-0.1, -0.05) is 12.1 Å². The molecule has 11 heteroatoms. The lowest BCUT2D eigenvalue weighted by molar-refractivity contribution is -0.384. The van der Waals surface area contributed by atoms with Gasteiger partial charge in [0, 0.05) is 23.9 Å². The van der Waals surface area contributed by atoms with Gasteiger partial charge in [0.15, 0.2) is 5.69 Å². The SMILES string of the molecule is Cc1cc(=O)c(C(=O)Nc2sccc2C(=O)NC2CC2)nn1-c1ccccc1[N+](=O)[O-]. The van der Waals surface area contributed by atoms with E-state index in [0.29, 0.717) is 16.3 Å². The number of nitro benzene ring substituents is 1. The van der Waals surface area contributed by atoms with Crippen LogP contribution in [-0.2, 0) is 0 Å². The number of carbonyl (C=O) groups excluding carboxylic acids is 2. The summed E-state index contributed by atoms with van der Waals surface area (Å²) in [6.07, 6.45) is 1.85. The zero-order valence-corrected chi connectivity index (χ0v) is 17.1. The van der Waals surface area contributed by atoms with Crippen molar-refractivity contribution in [2.45, 2.75) is 25.8 Å². The molecule has 3 aromatic rings. The molecule has 1 saturated carbocycles. The standard InChI is InChI=1S/C20H17N5O5S/c1-11-10-16(26)17(23-24(11)14-4-2-3-5-15(14)25(29)30)19(28)22-20-13(8-9-31-20)18(27)21-12-6-7-12/h2-5,8-10,12H,6-7H2,1H3,(H,21,27)(H,22,28). The molecule has 1 aliphatic rings. The van der Waals surface area contributed by atoms with Gasteiger partial charge in [-0.2, -0.15) is 5.10 Å². The Morgan fingerprint density at radius 2 is 1.97 bits per heavy atom. The fourth-order valence-electron chi connectivity index (χ4n) is 2.98. The van der Waals surface area contributed by atoms with Crippen molar-refractivity contribution in [3.63, 3.8) is 0 Å². The monoisotopic (exact) mass is 439 g/mol. The number of aromatic nitrogens is 2. The van der Waals surface area contributed by atoms with Crippen molar-refractivity contribution in [2.75, 3.05) is 5.32 Å². The van der Waals surface area contributed by atoms with Gasteiger partial charge in [-0.3, -0.25) is 24.5 Å². The molecule has 1 aromatic carbocycles. The number of amides is 2. The molecule has 2 aromatic heterocycles. The highest BCUT2D eigenvalue weighted by atomic mass is 32.1. The molecule has 10 nitrogen and oxygen atoms in total. The number of carbonyl (C=O) groups is 2. The number of anilines is 1. The first-order valence-corrected chi connectivity index (χ1v) is 10.3. The lowest BCUT2D eigenvalue weighted by atomic mass is 10.2. The van der Waals surface area contributed by atoms with Crippen LogP contribution in [0.25, 0.3) is 5.69 Å². The molecular formula is C20H17N5O5S. The maximum atomic E-state index is 12.8. The highest BCUT2D eigenvalue weighted by molar-refractivity contribution is 7.14. The molecule has 2 heterocycles. The number of rotatable bonds is 6. The molecule has 0 unspecified atom stereocenters. The number of nitrogens with zero attached hydrogens (tertiary/aromatic N) is 3. The fraction of sp³-hybridized carbons (Fsp3) is 0.200. The van der Waals surface area contributed by atoms with Crippen LogP contribution in [0.15, 0.2) is 46.6 Å². The van der Waals surface area contributed by atoms with Gasteiger partial charge in [0.05, 0.1) is 10.5 Å². The van der Waals surface area contributed by atoms with Crippen LogP contribution < -0.4 is 16.1 Å². The Morgan fingerprint density at radius 1 is 1.23 bits per heavy atom. The number of nitrogens with one attached hydrogen (secondary N) is 2. The second-order valence-corrected chi connectivity index (χ2v) is 7.94. The van der Waals surface area contributed by atoms with Crippen molar-refractivity contribution in [1.29, 1.82) is 0 Å². The second kappa shape index (κ2) is 8.11. The maximum Gasteiger partial charge on any atom is 0.294 e. The summed E-state index contributed by atoms with van der Waals surface area (Å²) in [5.74, 6) is -1.10. The molecule has 0 bridgehead atoms. The third-order valence-electron chi connectivity index (χ3n) is 4.68. The van der Waals surface area contributed by atoms with Gasteiger partial charge in [0.2, 0.25) is 5.43 Å². The number of nitro groups is 1.